The highest BCUT2D eigenvalue weighted by atomic mass is 19.1. The Bertz CT molecular complexity index is 898. The molecule has 1 heterocycles. The van der Waals surface area contributed by atoms with Crippen LogP contribution in [0.2, 0.25) is 0 Å². The molecule has 0 radical (unpaired) electrons. The van der Waals surface area contributed by atoms with Crippen LogP contribution < -0.4 is 4.74 Å². The molecule has 0 atom stereocenters. The van der Waals surface area contributed by atoms with E-state index in [-0.39, 0.29) is 17.1 Å². The number of benzene rings is 2. The maximum Gasteiger partial charge on any atom is 0.339 e. The Hall–Kier alpha value is -3.15. The fourth-order valence-electron chi connectivity index (χ4n) is 2.36. The van der Waals surface area contributed by atoms with Crippen LogP contribution in [0.4, 0.5) is 4.39 Å². The third-order valence-electron chi connectivity index (χ3n) is 3.45. The number of methoxy groups -OCH3 is 1. The number of hydrogen-bond acceptors (Lipinski definition) is 3. The summed E-state index contributed by atoms with van der Waals surface area (Å²) >= 11 is 0. The Morgan fingerprint density at radius 2 is 1.96 bits per heavy atom. The Labute approximate surface area is 131 Å². The van der Waals surface area contributed by atoms with Crippen molar-refractivity contribution in [3.8, 4) is 5.75 Å². The van der Waals surface area contributed by atoms with Gasteiger partial charge in [0.2, 0.25) is 0 Å². The van der Waals surface area contributed by atoms with Crippen LogP contribution in [0.15, 0.2) is 36.4 Å². The summed E-state index contributed by atoms with van der Waals surface area (Å²) in [5.74, 6) is -1.12. The Balaban J connectivity index is 2.09. The average molecular weight is 312 g/mol. The van der Waals surface area contributed by atoms with Crippen molar-refractivity contribution in [1.82, 2.24) is 10.2 Å². The van der Waals surface area contributed by atoms with Crippen LogP contribution in [0, 0.1) is 5.82 Å². The standard InChI is InChI=1S/C17H13FN2O3/c1-23-16-12(17(21)22)7-9-14-15(16)13(19-20-14)8-4-10-2-5-11(18)6-3-10/h2-9H,1H3,(H,19,20)(H,21,22). The van der Waals surface area contributed by atoms with Gasteiger partial charge in [-0.15, -0.1) is 0 Å². The van der Waals surface area contributed by atoms with E-state index in [1.54, 1.807) is 30.4 Å². The summed E-state index contributed by atoms with van der Waals surface area (Å²) in [6.45, 7) is 0. The summed E-state index contributed by atoms with van der Waals surface area (Å²) in [6.07, 6.45) is 3.52. The second kappa shape index (κ2) is 5.92. The molecule has 5 nitrogen and oxygen atoms in total. The van der Waals surface area contributed by atoms with E-state index >= 15 is 0 Å². The molecule has 3 rings (SSSR count). The van der Waals surface area contributed by atoms with Crippen molar-refractivity contribution in [3.63, 3.8) is 0 Å². The second-order valence-corrected chi connectivity index (χ2v) is 4.87. The number of H-pyrrole nitrogens is 1. The number of rotatable bonds is 4. The van der Waals surface area contributed by atoms with E-state index < -0.39 is 5.97 Å². The first kappa shape index (κ1) is 14.8. The van der Waals surface area contributed by atoms with E-state index in [1.165, 1.54) is 25.3 Å². The number of aromatic amines is 1. The van der Waals surface area contributed by atoms with Gasteiger partial charge >= 0.3 is 5.97 Å². The summed E-state index contributed by atoms with van der Waals surface area (Å²) in [7, 11) is 1.42. The number of carboxylic acid groups (broad SMARTS) is 1. The van der Waals surface area contributed by atoms with Crippen molar-refractivity contribution in [3.05, 3.63) is 59.0 Å². The molecular weight excluding hydrogens is 299 g/mol. The number of nitrogens with zero attached hydrogens (tertiary/aromatic N) is 1. The van der Waals surface area contributed by atoms with Crippen molar-refractivity contribution in [1.29, 1.82) is 0 Å². The molecule has 0 aliphatic rings. The van der Waals surface area contributed by atoms with Crippen molar-refractivity contribution >= 4 is 29.0 Å². The van der Waals surface area contributed by atoms with Crippen LogP contribution in [0.25, 0.3) is 23.1 Å². The van der Waals surface area contributed by atoms with Gasteiger partial charge in [-0.3, -0.25) is 5.10 Å². The van der Waals surface area contributed by atoms with Gasteiger partial charge in [0.05, 0.1) is 23.7 Å². The van der Waals surface area contributed by atoms with Crippen LogP contribution in [0.5, 0.6) is 5.75 Å². The van der Waals surface area contributed by atoms with Crippen molar-refractivity contribution in [2.75, 3.05) is 7.11 Å². The molecule has 0 aliphatic carbocycles. The molecule has 0 amide bonds. The van der Waals surface area contributed by atoms with Crippen LogP contribution in [0.3, 0.4) is 0 Å². The molecule has 0 spiro atoms. The fourth-order valence-corrected chi connectivity index (χ4v) is 2.36. The predicted molar refractivity (Wildman–Crippen MR) is 84.9 cm³/mol. The minimum Gasteiger partial charge on any atom is -0.495 e. The Kier molecular flexibility index (Phi) is 3.80. The number of halogens is 1. The molecule has 2 N–H and O–H groups in total. The average Bonchev–Trinajstić information content (AvgIpc) is 2.96. The second-order valence-electron chi connectivity index (χ2n) is 4.87. The number of hydrogen-bond donors (Lipinski definition) is 2. The summed E-state index contributed by atoms with van der Waals surface area (Å²) in [6, 6.07) is 9.10. The number of aromatic carboxylic acids is 1. The summed E-state index contributed by atoms with van der Waals surface area (Å²) in [5.41, 5.74) is 2.09. The minimum atomic E-state index is -1.07. The molecule has 0 bridgehead atoms. The first-order chi connectivity index (χ1) is 11.1. The third-order valence-corrected chi connectivity index (χ3v) is 3.45. The van der Waals surface area contributed by atoms with E-state index in [0.717, 1.165) is 5.56 Å². The van der Waals surface area contributed by atoms with E-state index in [1.807, 2.05) is 0 Å². The van der Waals surface area contributed by atoms with Gasteiger partial charge in [0.15, 0.2) is 0 Å². The Morgan fingerprint density at radius 1 is 1.22 bits per heavy atom. The number of aromatic nitrogens is 2. The molecule has 2 aromatic carbocycles. The molecule has 0 fully saturated rings. The quantitative estimate of drug-likeness (QED) is 0.772. The predicted octanol–water partition coefficient (Wildman–Crippen LogP) is 3.58. The van der Waals surface area contributed by atoms with Crippen molar-refractivity contribution in [2.45, 2.75) is 0 Å². The van der Waals surface area contributed by atoms with Gasteiger partial charge in [0.1, 0.15) is 17.1 Å². The third kappa shape index (κ3) is 2.78. The molecule has 0 aliphatic heterocycles. The monoisotopic (exact) mass is 312 g/mol. The molecule has 1 aromatic heterocycles. The maximum atomic E-state index is 12.9. The zero-order valence-electron chi connectivity index (χ0n) is 12.2. The number of fused-ring (bicyclic) bond motifs is 1. The lowest BCUT2D eigenvalue weighted by molar-refractivity contribution is 0.0693. The molecule has 6 heteroatoms. The molecule has 0 saturated heterocycles. The largest absolute Gasteiger partial charge is 0.495 e. The van der Waals surface area contributed by atoms with Gasteiger partial charge in [-0.1, -0.05) is 18.2 Å². The molecular formula is C17H13FN2O3. The number of nitrogens with one attached hydrogen (secondary N) is 1. The van der Waals surface area contributed by atoms with Gasteiger partial charge < -0.3 is 9.84 Å². The van der Waals surface area contributed by atoms with Gasteiger partial charge in [-0.2, -0.15) is 5.10 Å². The minimum absolute atomic E-state index is 0.0674. The summed E-state index contributed by atoms with van der Waals surface area (Å²) < 4.78 is 18.2. The van der Waals surface area contributed by atoms with Crippen LogP contribution >= 0.6 is 0 Å². The number of carbonyl (C=O) groups is 1. The van der Waals surface area contributed by atoms with Gasteiger partial charge in [0.25, 0.3) is 0 Å². The maximum absolute atomic E-state index is 12.9. The van der Waals surface area contributed by atoms with E-state index in [9.17, 15) is 14.3 Å². The zero-order valence-corrected chi connectivity index (χ0v) is 12.2. The highest BCUT2D eigenvalue weighted by Gasteiger charge is 2.17. The first-order valence-corrected chi connectivity index (χ1v) is 6.82. The van der Waals surface area contributed by atoms with E-state index in [2.05, 4.69) is 10.2 Å². The highest BCUT2D eigenvalue weighted by Crippen LogP contribution is 2.32. The molecule has 0 unspecified atom stereocenters. The SMILES string of the molecule is COc1c(C(=O)O)ccc2n[nH]c(C=Cc3ccc(F)cc3)c12. The van der Waals surface area contributed by atoms with E-state index in [4.69, 9.17) is 4.74 Å². The topological polar surface area (TPSA) is 75.2 Å². The normalized spacial score (nSPS) is 11.2. The lowest BCUT2D eigenvalue weighted by Gasteiger charge is -2.06. The van der Waals surface area contributed by atoms with Crippen LogP contribution in [-0.4, -0.2) is 28.4 Å². The fraction of sp³-hybridized carbons (Fsp3) is 0.0588. The van der Waals surface area contributed by atoms with Crippen molar-refractivity contribution in [2.24, 2.45) is 0 Å². The molecule has 3 aromatic rings. The molecule has 23 heavy (non-hydrogen) atoms. The van der Waals surface area contributed by atoms with Crippen LogP contribution in [0.1, 0.15) is 21.6 Å². The van der Waals surface area contributed by atoms with Crippen molar-refractivity contribution < 1.29 is 19.0 Å². The van der Waals surface area contributed by atoms with Crippen LogP contribution in [-0.2, 0) is 0 Å². The lowest BCUT2D eigenvalue weighted by Crippen LogP contribution is -2.00. The van der Waals surface area contributed by atoms with Gasteiger partial charge in [0, 0.05) is 0 Å². The molecule has 116 valence electrons. The summed E-state index contributed by atoms with van der Waals surface area (Å²) in [4.78, 5) is 11.3. The first-order valence-electron chi connectivity index (χ1n) is 6.82. The Morgan fingerprint density at radius 3 is 2.61 bits per heavy atom. The number of carboxylic acids is 1. The van der Waals surface area contributed by atoms with Gasteiger partial charge in [-0.25, -0.2) is 9.18 Å². The smallest absolute Gasteiger partial charge is 0.339 e. The van der Waals surface area contributed by atoms with Gasteiger partial charge in [-0.05, 0) is 35.9 Å². The lowest BCUT2D eigenvalue weighted by atomic mass is 10.1. The zero-order chi connectivity index (χ0) is 16.4. The highest BCUT2D eigenvalue weighted by molar-refractivity contribution is 6.02. The molecule has 0 saturated carbocycles. The summed E-state index contributed by atoms with van der Waals surface area (Å²) in [5, 5.41) is 16.8. The van der Waals surface area contributed by atoms with E-state index in [0.29, 0.717) is 16.6 Å². The number of ether oxygens (including phenoxy) is 1.